The summed E-state index contributed by atoms with van der Waals surface area (Å²) >= 11 is 1.59. The van der Waals surface area contributed by atoms with Crippen molar-refractivity contribution in [2.75, 3.05) is 26.2 Å². The second-order valence-electron chi connectivity index (χ2n) is 7.40. The van der Waals surface area contributed by atoms with Crippen molar-refractivity contribution in [2.24, 2.45) is 0 Å². The first-order chi connectivity index (χ1) is 11.5. The molecule has 7 heteroatoms. The summed E-state index contributed by atoms with van der Waals surface area (Å²) in [6.45, 7) is 8.13. The van der Waals surface area contributed by atoms with Gasteiger partial charge >= 0.3 is 0 Å². The third-order valence-electron chi connectivity index (χ3n) is 5.30. The highest BCUT2D eigenvalue weighted by Gasteiger charge is 2.38. The molecule has 2 N–H and O–H groups in total. The number of piperidine rings is 1. The maximum absolute atomic E-state index is 12.7. The van der Waals surface area contributed by atoms with Crippen LogP contribution in [-0.4, -0.2) is 69.7 Å². The number of aliphatic hydroxyl groups excluding tert-OH is 1. The molecule has 0 spiro atoms. The number of likely N-dealkylation sites (tertiary alicyclic amines) is 2. The van der Waals surface area contributed by atoms with Gasteiger partial charge in [0, 0.05) is 25.0 Å². The number of hydrogen-bond donors (Lipinski definition) is 2. The quantitative estimate of drug-likeness (QED) is 0.830. The monoisotopic (exact) mass is 352 g/mol. The number of β-amino-alcohol motifs (C(OH)–C–C–N with tert-alkyl or cyclic N) is 1. The third kappa shape index (κ3) is 3.96. The van der Waals surface area contributed by atoms with E-state index in [1.54, 1.807) is 11.3 Å². The molecule has 1 amide bonds. The Morgan fingerprint density at radius 2 is 2.17 bits per heavy atom. The lowest BCUT2D eigenvalue weighted by Crippen LogP contribution is -2.60. The first kappa shape index (κ1) is 17.8. The Bertz CT molecular complexity index is 543. The highest BCUT2D eigenvalue weighted by Crippen LogP contribution is 2.22. The molecule has 2 fully saturated rings. The fourth-order valence-electron chi connectivity index (χ4n) is 3.62. The zero-order valence-electron chi connectivity index (χ0n) is 14.6. The molecule has 0 saturated carbocycles. The second kappa shape index (κ2) is 7.47. The molecule has 1 aromatic heterocycles. The van der Waals surface area contributed by atoms with E-state index in [9.17, 15) is 9.90 Å². The van der Waals surface area contributed by atoms with E-state index in [-0.39, 0.29) is 11.9 Å². The van der Waals surface area contributed by atoms with E-state index < -0.39 is 11.6 Å². The van der Waals surface area contributed by atoms with E-state index in [4.69, 9.17) is 0 Å². The molecule has 0 bridgehead atoms. The van der Waals surface area contributed by atoms with Crippen molar-refractivity contribution in [3.63, 3.8) is 0 Å². The van der Waals surface area contributed by atoms with Crippen molar-refractivity contribution < 1.29 is 9.90 Å². The molecule has 24 heavy (non-hydrogen) atoms. The molecular formula is C17H28N4O2S. The summed E-state index contributed by atoms with van der Waals surface area (Å²) in [6, 6.07) is -0.161. The number of nitrogens with one attached hydrogen (secondary N) is 1. The molecule has 0 radical (unpaired) electrons. The summed E-state index contributed by atoms with van der Waals surface area (Å²) in [5.41, 5.74) is 2.37. The summed E-state index contributed by atoms with van der Waals surface area (Å²) in [7, 11) is 0. The van der Waals surface area contributed by atoms with Crippen LogP contribution in [0.3, 0.4) is 0 Å². The number of nitrogens with zero attached hydrogens (tertiary/aromatic N) is 3. The van der Waals surface area contributed by atoms with Crippen LogP contribution in [0.2, 0.25) is 0 Å². The fourth-order valence-corrected chi connectivity index (χ4v) is 4.17. The van der Waals surface area contributed by atoms with Crippen molar-refractivity contribution in [3.05, 3.63) is 16.6 Å². The van der Waals surface area contributed by atoms with Crippen LogP contribution in [0.5, 0.6) is 0 Å². The van der Waals surface area contributed by atoms with Crippen molar-refractivity contribution in [2.45, 2.75) is 57.3 Å². The zero-order chi connectivity index (χ0) is 17.2. The highest BCUT2D eigenvalue weighted by atomic mass is 32.1. The van der Waals surface area contributed by atoms with Crippen LogP contribution in [0.25, 0.3) is 0 Å². The molecule has 1 aromatic rings. The number of hydrogen-bond acceptors (Lipinski definition) is 6. The number of carbonyl (C=O) groups is 1. The molecule has 0 unspecified atom stereocenters. The van der Waals surface area contributed by atoms with Crippen LogP contribution in [0.15, 0.2) is 10.9 Å². The normalized spacial score (nSPS) is 26.6. The third-order valence-corrected chi connectivity index (χ3v) is 5.94. The average Bonchev–Trinajstić information content (AvgIpc) is 3.23. The van der Waals surface area contributed by atoms with Crippen LogP contribution in [0.1, 0.15) is 38.8 Å². The lowest BCUT2D eigenvalue weighted by Gasteiger charge is -2.39. The SMILES string of the molecule is CC(C)(C(=O)N[C@@H]1CCN(Cc2cscn2)C[C@H]1O)N1CCCC1. The molecule has 6 nitrogen and oxygen atoms in total. The van der Waals surface area contributed by atoms with Crippen molar-refractivity contribution in [3.8, 4) is 0 Å². The first-order valence-electron chi connectivity index (χ1n) is 8.80. The fraction of sp³-hybridized carbons (Fsp3) is 0.765. The van der Waals surface area contributed by atoms with Crippen molar-refractivity contribution in [1.29, 1.82) is 0 Å². The molecule has 2 atom stereocenters. The summed E-state index contributed by atoms with van der Waals surface area (Å²) < 4.78 is 0. The standard InChI is InChI=1S/C17H28N4O2S/c1-17(2,21-6-3-4-7-21)16(23)19-14-5-8-20(10-15(14)22)9-13-11-24-12-18-13/h11-12,14-15,22H,3-10H2,1-2H3,(H,19,23)/t14-,15-/m1/s1. The van der Waals surface area contributed by atoms with E-state index in [2.05, 4.69) is 20.1 Å². The van der Waals surface area contributed by atoms with Gasteiger partial charge in [0.1, 0.15) is 0 Å². The molecule has 2 aliphatic heterocycles. The van der Waals surface area contributed by atoms with Crippen LogP contribution >= 0.6 is 11.3 Å². The average molecular weight is 353 g/mol. The van der Waals surface area contributed by atoms with E-state index in [1.165, 1.54) is 0 Å². The predicted octanol–water partition coefficient (Wildman–Crippen LogP) is 1.07. The molecule has 3 heterocycles. The van der Waals surface area contributed by atoms with E-state index >= 15 is 0 Å². The molecular weight excluding hydrogens is 324 g/mol. The Balaban J connectivity index is 1.52. The molecule has 3 rings (SSSR count). The zero-order valence-corrected chi connectivity index (χ0v) is 15.4. The van der Waals surface area contributed by atoms with Crippen LogP contribution in [-0.2, 0) is 11.3 Å². The van der Waals surface area contributed by atoms with E-state index in [0.29, 0.717) is 6.54 Å². The van der Waals surface area contributed by atoms with Gasteiger partial charge < -0.3 is 10.4 Å². The Morgan fingerprint density at radius 3 is 2.79 bits per heavy atom. The Kier molecular flexibility index (Phi) is 5.54. The van der Waals surface area contributed by atoms with Crippen molar-refractivity contribution in [1.82, 2.24) is 20.1 Å². The highest BCUT2D eigenvalue weighted by molar-refractivity contribution is 7.07. The Labute approximate surface area is 147 Å². The topological polar surface area (TPSA) is 68.7 Å². The number of aromatic nitrogens is 1. The van der Waals surface area contributed by atoms with Gasteiger partial charge in [-0.05, 0) is 46.2 Å². The van der Waals surface area contributed by atoms with Gasteiger partial charge in [0.25, 0.3) is 0 Å². The summed E-state index contributed by atoms with van der Waals surface area (Å²) in [4.78, 5) is 21.5. The minimum absolute atomic E-state index is 0.0291. The number of amides is 1. The van der Waals surface area contributed by atoms with Gasteiger partial charge in [-0.1, -0.05) is 0 Å². The second-order valence-corrected chi connectivity index (χ2v) is 8.12. The van der Waals surface area contributed by atoms with Gasteiger partial charge in [0.15, 0.2) is 0 Å². The van der Waals surface area contributed by atoms with E-state index in [0.717, 1.165) is 51.1 Å². The minimum atomic E-state index is -0.532. The number of aliphatic hydroxyl groups is 1. The van der Waals surface area contributed by atoms with Gasteiger partial charge in [-0.2, -0.15) is 0 Å². The number of thiazole rings is 1. The predicted molar refractivity (Wildman–Crippen MR) is 94.8 cm³/mol. The molecule has 2 saturated heterocycles. The largest absolute Gasteiger partial charge is 0.390 e. The summed E-state index contributed by atoms with van der Waals surface area (Å²) in [6.07, 6.45) is 2.56. The first-order valence-corrected chi connectivity index (χ1v) is 9.74. The van der Waals surface area contributed by atoms with Gasteiger partial charge in [0.05, 0.1) is 28.9 Å². The minimum Gasteiger partial charge on any atom is -0.390 e. The Hall–Kier alpha value is -1.02. The smallest absolute Gasteiger partial charge is 0.240 e. The molecule has 2 aliphatic rings. The van der Waals surface area contributed by atoms with E-state index in [1.807, 2.05) is 24.7 Å². The summed E-state index contributed by atoms with van der Waals surface area (Å²) in [5.74, 6) is 0.0291. The maximum Gasteiger partial charge on any atom is 0.240 e. The molecule has 0 aliphatic carbocycles. The molecule has 0 aromatic carbocycles. The lowest BCUT2D eigenvalue weighted by atomic mass is 9.97. The molecule has 134 valence electrons. The lowest BCUT2D eigenvalue weighted by molar-refractivity contribution is -0.133. The number of carbonyl (C=O) groups excluding carboxylic acids is 1. The van der Waals surface area contributed by atoms with Gasteiger partial charge in [0.2, 0.25) is 5.91 Å². The van der Waals surface area contributed by atoms with Gasteiger partial charge in [-0.3, -0.25) is 14.6 Å². The maximum atomic E-state index is 12.7. The van der Waals surface area contributed by atoms with Crippen LogP contribution in [0.4, 0.5) is 0 Å². The summed E-state index contributed by atoms with van der Waals surface area (Å²) in [5, 5.41) is 15.6. The Morgan fingerprint density at radius 1 is 1.42 bits per heavy atom. The van der Waals surface area contributed by atoms with Crippen LogP contribution < -0.4 is 5.32 Å². The van der Waals surface area contributed by atoms with Crippen molar-refractivity contribution >= 4 is 17.2 Å². The van der Waals surface area contributed by atoms with Gasteiger partial charge in [-0.25, -0.2) is 4.98 Å². The number of rotatable bonds is 5. The van der Waals surface area contributed by atoms with Crippen LogP contribution in [0, 0.1) is 0 Å². The van der Waals surface area contributed by atoms with Gasteiger partial charge in [-0.15, -0.1) is 11.3 Å².